The van der Waals surface area contributed by atoms with E-state index in [2.05, 4.69) is 17.9 Å². The van der Waals surface area contributed by atoms with Crippen LogP contribution in [0.4, 0.5) is 0 Å². The van der Waals surface area contributed by atoms with Gasteiger partial charge in [-0.3, -0.25) is 14.5 Å². The van der Waals surface area contributed by atoms with Gasteiger partial charge in [0.05, 0.1) is 18.4 Å². The third kappa shape index (κ3) is 5.46. The largest absolute Gasteiger partial charge is 0.461 e. The van der Waals surface area contributed by atoms with Gasteiger partial charge in [-0.1, -0.05) is 49.4 Å². The van der Waals surface area contributed by atoms with Crippen molar-refractivity contribution in [3.05, 3.63) is 48.0 Å². The van der Waals surface area contributed by atoms with Gasteiger partial charge in [-0.2, -0.15) is 0 Å². The first-order valence-electron chi connectivity index (χ1n) is 10.6. The third-order valence-electron chi connectivity index (χ3n) is 6.05. The number of carbonyl (C=O) groups excluding carboxylic acids is 2. The van der Waals surface area contributed by atoms with Crippen LogP contribution < -0.4 is 0 Å². The Bertz CT molecular complexity index is 698. The van der Waals surface area contributed by atoms with E-state index in [1.165, 1.54) is 0 Å². The number of allylic oxidation sites excluding steroid dienone is 2. The summed E-state index contributed by atoms with van der Waals surface area (Å²) in [7, 11) is 0. The maximum Gasteiger partial charge on any atom is 0.310 e. The van der Waals surface area contributed by atoms with Crippen molar-refractivity contribution >= 4 is 11.9 Å². The molecule has 0 radical (unpaired) electrons. The highest BCUT2D eigenvalue weighted by Gasteiger charge is 2.42. The minimum absolute atomic E-state index is 0.0565. The number of ether oxygens (including phenoxy) is 1. The minimum atomic E-state index is -0.434. The van der Waals surface area contributed by atoms with E-state index in [4.69, 9.17) is 9.84 Å². The molecule has 1 aliphatic carbocycles. The van der Waals surface area contributed by atoms with Crippen molar-refractivity contribution < 1.29 is 19.4 Å². The molecule has 1 fully saturated rings. The quantitative estimate of drug-likeness (QED) is 0.561. The third-order valence-corrected chi connectivity index (χ3v) is 6.05. The minimum Gasteiger partial charge on any atom is -0.461 e. The Hall–Kier alpha value is -2.18. The summed E-state index contributed by atoms with van der Waals surface area (Å²) in [4.78, 5) is 30.3. The molecule has 1 saturated heterocycles. The molecule has 3 rings (SSSR count). The molecule has 1 N–H and O–H groups in total. The Balaban J connectivity index is 1.66. The summed E-state index contributed by atoms with van der Waals surface area (Å²) < 4.78 is 5.60. The molecular formula is C23H32N2O4. The molecule has 2 aliphatic rings. The van der Waals surface area contributed by atoms with E-state index >= 15 is 0 Å². The van der Waals surface area contributed by atoms with Crippen molar-refractivity contribution in [2.75, 3.05) is 39.3 Å². The van der Waals surface area contributed by atoms with Crippen LogP contribution in [-0.2, 0) is 20.9 Å². The van der Waals surface area contributed by atoms with Gasteiger partial charge in [0.2, 0.25) is 5.91 Å². The van der Waals surface area contributed by atoms with Gasteiger partial charge < -0.3 is 14.7 Å². The maximum absolute atomic E-state index is 13.4. The van der Waals surface area contributed by atoms with Gasteiger partial charge in [0.1, 0.15) is 6.61 Å². The smallest absolute Gasteiger partial charge is 0.310 e. The number of β-amino-alcohol motifs (C(OH)–C–C–N with tert-alkyl or cyclic N) is 1. The summed E-state index contributed by atoms with van der Waals surface area (Å²) in [6.07, 6.45) is 5.47. The van der Waals surface area contributed by atoms with Crippen molar-refractivity contribution in [3.63, 3.8) is 0 Å². The number of hydrogen-bond acceptors (Lipinski definition) is 5. The molecule has 0 saturated carbocycles. The molecule has 1 aromatic rings. The average molecular weight is 401 g/mol. The zero-order valence-electron chi connectivity index (χ0n) is 17.2. The van der Waals surface area contributed by atoms with Crippen molar-refractivity contribution in [1.82, 2.24) is 9.80 Å². The SMILES string of the molecule is CC[C@H]1C=CCC(C(=O)OCc2ccccc2)C1C(=O)N1CCN(CCO)CC1. The zero-order chi connectivity index (χ0) is 20.6. The molecule has 29 heavy (non-hydrogen) atoms. The van der Waals surface area contributed by atoms with Crippen molar-refractivity contribution in [2.24, 2.45) is 17.8 Å². The number of aliphatic hydroxyl groups is 1. The van der Waals surface area contributed by atoms with Gasteiger partial charge in [0.15, 0.2) is 0 Å². The molecule has 1 amide bonds. The van der Waals surface area contributed by atoms with E-state index in [1.54, 1.807) is 0 Å². The van der Waals surface area contributed by atoms with E-state index < -0.39 is 5.92 Å². The van der Waals surface area contributed by atoms with Crippen molar-refractivity contribution in [2.45, 2.75) is 26.4 Å². The fourth-order valence-electron chi connectivity index (χ4n) is 4.33. The molecule has 1 aliphatic heterocycles. The molecule has 3 atom stereocenters. The highest BCUT2D eigenvalue weighted by Crippen LogP contribution is 2.35. The van der Waals surface area contributed by atoms with Crippen LogP contribution in [0.2, 0.25) is 0 Å². The van der Waals surface area contributed by atoms with Gasteiger partial charge in [-0.15, -0.1) is 0 Å². The summed E-state index contributed by atoms with van der Waals surface area (Å²) in [6, 6.07) is 9.62. The molecule has 6 nitrogen and oxygen atoms in total. The molecule has 6 heteroatoms. The number of hydrogen-bond donors (Lipinski definition) is 1. The first-order chi connectivity index (χ1) is 14.1. The Kier molecular flexibility index (Phi) is 7.83. The normalized spacial score (nSPS) is 25.0. The van der Waals surface area contributed by atoms with Crippen molar-refractivity contribution in [3.8, 4) is 0 Å². The molecule has 1 aromatic carbocycles. The fraction of sp³-hybridized carbons (Fsp3) is 0.565. The number of aliphatic hydroxyl groups excluding tert-OH is 1. The van der Waals surface area contributed by atoms with E-state index in [9.17, 15) is 9.59 Å². The maximum atomic E-state index is 13.4. The summed E-state index contributed by atoms with van der Waals surface area (Å²) in [6.45, 7) is 5.87. The van der Waals surface area contributed by atoms with E-state index in [0.29, 0.717) is 26.1 Å². The van der Waals surface area contributed by atoms with Crippen LogP contribution in [0.25, 0.3) is 0 Å². The second-order valence-electron chi connectivity index (χ2n) is 7.85. The standard InChI is InChI=1S/C23H32N2O4/c1-2-19-9-6-10-20(23(28)29-17-18-7-4-3-5-8-18)21(19)22(27)25-13-11-24(12-14-25)15-16-26/h3-9,19-21,26H,2,10-17H2,1H3/t19-,20?,21?/m0/s1. The van der Waals surface area contributed by atoms with Crippen LogP contribution >= 0.6 is 0 Å². The van der Waals surface area contributed by atoms with E-state index in [0.717, 1.165) is 25.1 Å². The molecule has 158 valence electrons. The van der Waals surface area contributed by atoms with Gasteiger partial charge in [0.25, 0.3) is 0 Å². The number of nitrogens with zero attached hydrogens (tertiary/aromatic N) is 2. The molecule has 2 unspecified atom stereocenters. The summed E-state index contributed by atoms with van der Waals surface area (Å²) in [5.41, 5.74) is 0.946. The number of amides is 1. The van der Waals surface area contributed by atoms with E-state index in [1.807, 2.05) is 41.3 Å². The topological polar surface area (TPSA) is 70.1 Å². The number of esters is 1. The number of piperazine rings is 1. The number of rotatable bonds is 7. The molecular weight excluding hydrogens is 368 g/mol. The predicted octanol–water partition coefficient (Wildman–Crippen LogP) is 2.08. The second kappa shape index (κ2) is 10.6. The number of carbonyl (C=O) groups is 2. The van der Waals surface area contributed by atoms with Crippen LogP contribution in [0.5, 0.6) is 0 Å². The molecule has 0 spiro atoms. The first kappa shape index (κ1) is 21.5. The Morgan fingerprint density at radius 3 is 2.52 bits per heavy atom. The lowest BCUT2D eigenvalue weighted by Crippen LogP contribution is -2.53. The zero-order valence-corrected chi connectivity index (χ0v) is 17.2. The number of benzene rings is 1. The summed E-state index contributed by atoms with van der Waals surface area (Å²) in [5, 5.41) is 9.11. The fourth-order valence-corrected chi connectivity index (χ4v) is 4.33. The van der Waals surface area contributed by atoms with Crippen LogP contribution in [0.15, 0.2) is 42.5 Å². The molecule has 1 heterocycles. The van der Waals surface area contributed by atoms with Crippen LogP contribution in [0.3, 0.4) is 0 Å². The lowest BCUT2D eigenvalue weighted by Gasteiger charge is -2.40. The van der Waals surface area contributed by atoms with Crippen LogP contribution in [0.1, 0.15) is 25.3 Å². The second-order valence-corrected chi connectivity index (χ2v) is 7.85. The van der Waals surface area contributed by atoms with Gasteiger partial charge in [0, 0.05) is 32.7 Å². The van der Waals surface area contributed by atoms with Gasteiger partial charge in [-0.05, 0) is 24.3 Å². The summed E-state index contributed by atoms with van der Waals surface area (Å²) in [5.74, 6) is -0.962. The lowest BCUT2D eigenvalue weighted by atomic mass is 9.73. The Labute approximate surface area is 173 Å². The molecule has 0 bridgehead atoms. The predicted molar refractivity (Wildman–Crippen MR) is 111 cm³/mol. The summed E-state index contributed by atoms with van der Waals surface area (Å²) >= 11 is 0. The van der Waals surface area contributed by atoms with Crippen LogP contribution in [0, 0.1) is 17.8 Å². The first-order valence-corrected chi connectivity index (χ1v) is 10.6. The average Bonchev–Trinajstić information content (AvgIpc) is 2.78. The highest BCUT2D eigenvalue weighted by atomic mass is 16.5. The highest BCUT2D eigenvalue weighted by molar-refractivity contribution is 5.86. The lowest BCUT2D eigenvalue weighted by molar-refractivity contribution is -0.158. The van der Waals surface area contributed by atoms with Gasteiger partial charge in [-0.25, -0.2) is 0 Å². The van der Waals surface area contributed by atoms with Gasteiger partial charge >= 0.3 is 5.97 Å². The monoisotopic (exact) mass is 400 g/mol. The van der Waals surface area contributed by atoms with Crippen LogP contribution in [-0.4, -0.2) is 66.1 Å². The molecule has 0 aromatic heterocycles. The van der Waals surface area contributed by atoms with Crippen molar-refractivity contribution in [1.29, 1.82) is 0 Å². The Morgan fingerprint density at radius 2 is 1.86 bits per heavy atom. The van der Waals surface area contributed by atoms with E-state index in [-0.39, 0.29) is 36.9 Å². The Morgan fingerprint density at radius 1 is 1.14 bits per heavy atom.